The van der Waals surface area contributed by atoms with Crippen LogP contribution in [0.25, 0.3) is 11.0 Å². The second-order valence-electron chi connectivity index (χ2n) is 9.16. The van der Waals surface area contributed by atoms with E-state index in [1.807, 2.05) is 28.8 Å². The first-order valence-electron chi connectivity index (χ1n) is 12.2. The zero-order valence-electron chi connectivity index (χ0n) is 19.9. The van der Waals surface area contributed by atoms with Gasteiger partial charge >= 0.3 is 5.69 Å². The lowest BCUT2D eigenvalue weighted by Gasteiger charge is -2.48. The summed E-state index contributed by atoms with van der Waals surface area (Å²) in [5, 5.41) is 0. The van der Waals surface area contributed by atoms with Crippen LogP contribution in [0.4, 0.5) is 0 Å². The van der Waals surface area contributed by atoms with E-state index in [0.29, 0.717) is 5.52 Å². The van der Waals surface area contributed by atoms with Crippen LogP contribution in [0.1, 0.15) is 55.1 Å². The molecule has 0 amide bonds. The molecule has 0 bridgehead atoms. The zero-order chi connectivity index (χ0) is 23.7. The van der Waals surface area contributed by atoms with E-state index < -0.39 is 0 Å². The molecule has 0 saturated carbocycles. The lowest BCUT2D eigenvalue weighted by atomic mass is 9.77. The van der Waals surface area contributed by atoms with Crippen LogP contribution >= 0.6 is 0 Å². The van der Waals surface area contributed by atoms with Crippen LogP contribution in [-0.2, 0) is 5.54 Å². The summed E-state index contributed by atoms with van der Waals surface area (Å²) in [7, 11) is 0. The van der Waals surface area contributed by atoms with Gasteiger partial charge in [-0.1, -0.05) is 79.7 Å². The predicted molar refractivity (Wildman–Crippen MR) is 136 cm³/mol. The Morgan fingerprint density at radius 2 is 1.32 bits per heavy atom. The molecule has 5 rings (SSSR count). The van der Waals surface area contributed by atoms with Crippen molar-refractivity contribution < 1.29 is 4.79 Å². The minimum atomic E-state index is -0.240. The van der Waals surface area contributed by atoms with Gasteiger partial charge in [0, 0.05) is 26.1 Å². The molecular formula is C29H31N3O2. The largest absolute Gasteiger partial charge is 0.336 e. The van der Waals surface area contributed by atoms with Crippen molar-refractivity contribution >= 4 is 16.9 Å². The lowest BCUT2D eigenvalue weighted by molar-refractivity contribution is 0.0739. The number of fused-ring (bicyclic) bond motifs is 1. The summed E-state index contributed by atoms with van der Waals surface area (Å²) in [6.45, 7) is 5.45. The highest BCUT2D eigenvalue weighted by Gasteiger charge is 2.41. The van der Waals surface area contributed by atoms with Crippen LogP contribution in [0.15, 0.2) is 89.7 Å². The van der Waals surface area contributed by atoms with Crippen LogP contribution in [0.5, 0.6) is 0 Å². The van der Waals surface area contributed by atoms with Crippen molar-refractivity contribution in [2.75, 3.05) is 13.1 Å². The number of benzene rings is 3. The van der Waals surface area contributed by atoms with Gasteiger partial charge in [0.25, 0.3) is 0 Å². The van der Waals surface area contributed by atoms with Crippen molar-refractivity contribution in [3.8, 4) is 0 Å². The number of hydrogen-bond donors (Lipinski definition) is 0. The van der Waals surface area contributed by atoms with Crippen LogP contribution in [0, 0.1) is 0 Å². The average molecular weight is 454 g/mol. The number of para-hydroxylation sites is 2. The molecule has 0 atom stereocenters. The highest BCUT2D eigenvalue weighted by molar-refractivity contribution is 5.89. The Labute approximate surface area is 200 Å². The normalized spacial score (nSPS) is 15.6. The van der Waals surface area contributed by atoms with Gasteiger partial charge < -0.3 is 0 Å². The standard InChI is InChI=1S/C29H31N3O2/c1-3-29(23-12-6-4-7-13-23,24-14-8-5-9-15-24)30-20-18-25(19-21-30)32-27-17-11-10-16-26(27)31(22(2)33)28(32)34/h4-17,25H,3,18-21H2,1-2H3. The second kappa shape index (κ2) is 9.07. The number of aromatic nitrogens is 2. The Hall–Kier alpha value is -3.44. The van der Waals surface area contributed by atoms with Crippen molar-refractivity contribution in [2.45, 2.75) is 44.7 Å². The molecule has 1 aliphatic heterocycles. The fourth-order valence-electron chi connectivity index (χ4n) is 5.93. The molecule has 0 unspecified atom stereocenters. The van der Waals surface area contributed by atoms with E-state index >= 15 is 0 Å². The second-order valence-corrected chi connectivity index (χ2v) is 9.16. The SMILES string of the molecule is CCC(c1ccccc1)(c1ccccc1)N1CCC(n2c(=O)n(C(C)=O)c3ccccc32)CC1. The molecule has 4 aromatic rings. The third-order valence-electron chi connectivity index (χ3n) is 7.48. The molecule has 34 heavy (non-hydrogen) atoms. The third-order valence-corrected chi connectivity index (χ3v) is 7.48. The van der Waals surface area contributed by atoms with Gasteiger partial charge in [-0.05, 0) is 42.5 Å². The van der Waals surface area contributed by atoms with Crippen molar-refractivity contribution in [3.05, 3.63) is 107 Å². The molecule has 0 aliphatic carbocycles. The highest BCUT2D eigenvalue weighted by Crippen LogP contribution is 2.42. The minimum Gasteiger partial charge on any atom is -0.290 e. The van der Waals surface area contributed by atoms with Crippen LogP contribution in [0.2, 0.25) is 0 Å². The molecule has 0 spiro atoms. The van der Waals surface area contributed by atoms with Gasteiger partial charge in [-0.15, -0.1) is 0 Å². The number of piperidine rings is 1. The molecule has 1 fully saturated rings. The smallest absolute Gasteiger partial charge is 0.290 e. The van der Waals surface area contributed by atoms with Gasteiger partial charge in [-0.3, -0.25) is 14.3 Å². The topological polar surface area (TPSA) is 47.2 Å². The van der Waals surface area contributed by atoms with Crippen LogP contribution in [-0.4, -0.2) is 33.0 Å². The first kappa shape index (κ1) is 22.4. The number of rotatable bonds is 5. The first-order valence-corrected chi connectivity index (χ1v) is 12.2. The summed E-state index contributed by atoms with van der Waals surface area (Å²) >= 11 is 0. The minimum absolute atomic E-state index is 0.0651. The van der Waals surface area contributed by atoms with E-state index in [-0.39, 0.29) is 23.2 Å². The summed E-state index contributed by atoms with van der Waals surface area (Å²) in [4.78, 5) is 28.1. The lowest BCUT2D eigenvalue weighted by Crippen LogP contribution is -2.51. The Bertz CT molecular complexity index is 1310. The predicted octanol–water partition coefficient (Wildman–Crippen LogP) is 5.45. The van der Waals surface area contributed by atoms with Gasteiger partial charge in [0.15, 0.2) is 0 Å². The Kier molecular flexibility index (Phi) is 5.96. The summed E-state index contributed by atoms with van der Waals surface area (Å²) in [5.41, 5.74) is 3.69. The number of hydrogen-bond acceptors (Lipinski definition) is 3. The van der Waals surface area contributed by atoms with Crippen molar-refractivity contribution in [2.24, 2.45) is 0 Å². The fraction of sp³-hybridized carbons (Fsp3) is 0.310. The molecule has 1 aromatic heterocycles. The zero-order valence-corrected chi connectivity index (χ0v) is 19.9. The van der Waals surface area contributed by atoms with E-state index in [2.05, 4.69) is 72.5 Å². The fourth-order valence-corrected chi connectivity index (χ4v) is 5.93. The molecule has 5 heteroatoms. The molecule has 3 aromatic carbocycles. The number of nitrogens with zero attached hydrogens (tertiary/aromatic N) is 3. The van der Waals surface area contributed by atoms with Gasteiger partial charge in [-0.25, -0.2) is 9.36 Å². The summed E-state index contributed by atoms with van der Waals surface area (Å²) in [6, 6.07) is 29.2. The number of imidazole rings is 1. The maximum absolute atomic E-state index is 13.3. The van der Waals surface area contributed by atoms with E-state index in [1.54, 1.807) is 0 Å². The molecular weight excluding hydrogens is 422 g/mol. The first-order chi connectivity index (χ1) is 16.6. The number of likely N-dealkylation sites (tertiary alicyclic amines) is 1. The van der Waals surface area contributed by atoms with Crippen LogP contribution < -0.4 is 5.69 Å². The Balaban J connectivity index is 1.52. The van der Waals surface area contributed by atoms with Crippen molar-refractivity contribution in [3.63, 3.8) is 0 Å². The number of carbonyl (C=O) groups is 1. The maximum Gasteiger partial charge on any atom is 0.336 e. The van der Waals surface area contributed by atoms with E-state index in [0.717, 1.165) is 37.9 Å². The van der Waals surface area contributed by atoms with Gasteiger partial charge in [0.1, 0.15) is 0 Å². The summed E-state index contributed by atoms with van der Waals surface area (Å²) in [6.07, 6.45) is 2.66. The van der Waals surface area contributed by atoms with Crippen LogP contribution in [0.3, 0.4) is 0 Å². The maximum atomic E-state index is 13.3. The molecule has 2 heterocycles. The molecule has 174 valence electrons. The van der Waals surface area contributed by atoms with E-state index in [1.165, 1.54) is 22.6 Å². The Morgan fingerprint density at radius 1 is 0.824 bits per heavy atom. The molecule has 1 saturated heterocycles. The average Bonchev–Trinajstić information content (AvgIpc) is 3.18. The van der Waals surface area contributed by atoms with Gasteiger partial charge in [0.2, 0.25) is 5.91 Å². The quantitative estimate of drug-likeness (QED) is 0.403. The van der Waals surface area contributed by atoms with Crippen molar-refractivity contribution in [1.29, 1.82) is 0 Å². The molecule has 5 nitrogen and oxygen atoms in total. The Morgan fingerprint density at radius 3 is 1.82 bits per heavy atom. The number of carbonyl (C=O) groups excluding carboxylic acids is 1. The highest BCUT2D eigenvalue weighted by atomic mass is 16.2. The van der Waals surface area contributed by atoms with E-state index in [9.17, 15) is 9.59 Å². The monoisotopic (exact) mass is 453 g/mol. The summed E-state index contributed by atoms with van der Waals surface area (Å²) < 4.78 is 3.17. The molecule has 0 N–H and O–H groups in total. The third kappa shape index (κ3) is 3.51. The van der Waals surface area contributed by atoms with Gasteiger partial charge in [0.05, 0.1) is 16.6 Å². The van der Waals surface area contributed by atoms with Crippen molar-refractivity contribution in [1.82, 2.24) is 14.0 Å². The molecule has 0 radical (unpaired) electrons. The van der Waals surface area contributed by atoms with Gasteiger partial charge in [-0.2, -0.15) is 0 Å². The van der Waals surface area contributed by atoms with E-state index in [4.69, 9.17) is 0 Å². The molecule has 1 aliphatic rings. The summed E-state index contributed by atoms with van der Waals surface area (Å²) in [5.74, 6) is -0.240.